The number of hydrogen-bond acceptors (Lipinski definition) is 5. The lowest BCUT2D eigenvalue weighted by Gasteiger charge is -2.19. The third-order valence-electron chi connectivity index (χ3n) is 4.47. The molecule has 0 amide bonds. The van der Waals surface area contributed by atoms with E-state index in [2.05, 4.69) is 36.1 Å². The van der Waals surface area contributed by atoms with Crippen molar-refractivity contribution in [3.05, 3.63) is 47.8 Å². The van der Waals surface area contributed by atoms with Crippen LogP contribution in [0.2, 0.25) is 0 Å². The molecular weight excluding hydrogens is 383 g/mol. The van der Waals surface area contributed by atoms with Crippen LogP contribution in [-0.4, -0.2) is 24.2 Å². The molecule has 2 aromatic carbocycles. The molecule has 154 valence electrons. The van der Waals surface area contributed by atoms with Gasteiger partial charge in [0.25, 0.3) is 0 Å². The number of alkyl halides is 3. The number of ether oxygens (including phenoxy) is 2. The molecule has 3 rings (SSSR count). The Morgan fingerprint density at radius 1 is 0.862 bits per heavy atom. The van der Waals surface area contributed by atoms with Crippen molar-refractivity contribution in [2.24, 2.45) is 0 Å². The van der Waals surface area contributed by atoms with E-state index >= 15 is 0 Å². The molecule has 0 spiro atoms. The Morgan fingerprint density at radius 3 is 1.97 bits per heavy atom. The fraction of sp³-hybridized carbons (Fsp3) is 0.333. The third kappa shape index (κ3) is 4.36. The normalized spacial score (nSPS) is 12.1. The van der Waals surface area contributed by atoms with Gasteiger partial charge in [-0.2, -0.15) is 13.2 Å². The summed E-state index contributed by atoms with van der Waals surface area (Å²) in [5.74, 6) is -0.542. The standard InChI is InChI=1S/C21H22F3N3O2/c1-20(2,3)12-6-8-13(9-7-12)25-18-14-10-16(28-4)17(29-5)11-15(14)26-19(27-18)21(22,23)24/h6-11H,1-5H3,(H,25,26,27). The average molecular weight is 405 g/mol. The van der Waals surface area contributed by atoms with Crippen LogP contribution in [0.4, 0.5) is 24.7 Å². The SMILES string of the molecule is COc1cc2nc(C(F)(F)F)nc(Nc3ccc(C(C)(C)C)cc3)c2cc1OC. The average Bonchev–Trinajstić information content (AvgIpc) is 2.65. The Labute approximate surface area is 166 Å². The van der Waals surface area contributed by atoms with Crippen LogP contribution in [0, 0.1) is 0 Å². The summed E-state index contributed by atoms with van der Waals surface area (Å²) in [6.45, 7) is 6.26. The maximum Gasteiger partial charge on any atom is 0.451 e. The van der Waals surface area contributed by atoms with Crippen molar-refractivity contribution in [2.75, 3.05) is 19.5 Å². The van der Waals surface area contributed by atoms with Gasteiger partial charge < -0.3 is 14.8 Å². The van der Waals surface area contributed by atoms with Crippen molar-refractivity contribution >= 4 is 22.4 Å². The summed E-state index contributed by atoms with van der Waals surface area (Å²) in [5, 5.41) is 3.36. The van der Waals surface area contributed by atoms with Gasteiger partial charge in [0, 0.05) is 17.1 Å². The third-order valence-corrected chi connectivity index (χ3v) is 4.47. The lowest BCUT2D eigenvalue weighted by Crippen LogP contribution is -2.13. The van der Waals surface area contributed by atoms with Gasteiger partial charge in [-0.1, -0.05) is 32.9 Å². The van der Waals surface area contributed by atoms with Gasteiger partial charge in [0.2, 0.25) is 5.82 Å². The smallest absolute Gasteiger partial charge is 0.451 e. The zero-order chi connectivity index (χ0) is 21.4. The zero-order valence-corrected chi connectivity index (χ0v) is 16.8. The van der Waals surface area contributed by atoms with Crippen molar-refractivity contribution in [3.63, 3.8) is 0 Å². The Balaban J connectivity index is 2.13. The first-order chi connectivity index (χ1) is 13.5. The van der Waals surface area contributed by atoms with Gasteiger partial charge in [0.05, 0.1) is 19.7 Å². The number of aromatic nitrogens is 2. The maximum atomic E-state index is 13.3. The molecule has 5 nitrogen and oxygen atoms in total. The number of rotatable bonds is 4. The van der Waals surface area contributed by atoms with Gasteiger partial charge >= 0.3 is 6.18 Å². The molecule has 0 aliphatic rings. The molecule has 29 heavy (non-hydrogen) atoms. The highest BCUT2D eigenvalue weighted by Crippen LogP contribution is 2.37. The lowest BCUT2D eigenvalue weighted by atomic mass is 9.87. The van der Waals surface area contributed by atoms with E-state index in [1.54, 1.807) is 6.07 Å². The van der Waals surface area contributed by atoms with E-state index < -0.39 is 12.0 Å². The van der Waals surface area contributed by atoms with Gasteiger partial charge in [0.1, 0.15) is 5.82 Å². The molecule has 0 bridgehead atoms. The number of anilines is 2. The second-order valence-corrected chi connectivity index (χ2v) is 7.57. The fourth-order valence-corrected chi connectivity index (χ4v) is 2.87. The zero-order valence-electron chi connectivity index (χ0n) is 16.8. The molecule has 0 fully saturated rings. The van der Waals surface area contributed by atoms with E-state index in [1.165, 1.54) is 20.3 Å². The van der Waals surface area contributed by atoms with Gasteiger partial charge in [-0.25, -0.2) is 9.97 Å². The van der Waals surface area contributed by atoms with Crippen molar-refractivity contribution in [1.82, 2.24) is 9.97 Å². The number of nitrogens with zero attached hydrogens (tertiary/aromatic N) is 2. The van der Waals surface area contributed by atoms with Gasteiger partial charge in [0.15, 0.2) is 11.5 Å². The molecule has 0 unspecified atom stereocenters. The fourth-order valence-electron chi connectivity index (χ4n) is 2.87. The molecule has 0 radical (unpaired) electrons. The van der Waals surface area contributed by atoms with Crippen LogP contribution in [0.15, 0.2) is 36.4 Å². The quantitative estimate of drug-likeness (QED) is 0.603. The van der Waals surface area contributed by atoms with Crippen LogP contribution < -0.4 is 14.8 Å². The van der Waals surface area contributed by atoms with E-state index in [0.29, 0.717) is 16.8 Å². The van der Waals surface area contributed by atoms with E-state index in [1.807, 2.05) is 24.3 Å². The minimum atomic E-state index is -4.69. The molecule has 1 N–H and O–H groups in total. The summed E-state index contributed by atoms with van der Waals surface area (Å²) in [6, 6.07) is 10.4. The minimum absolute atomic E-state index is 0.0341. The van der Waals surface area contributed by atoms with Crippen LogP contribution in [0.1, 0.15) is 32.2 Å². The van der Waals surface area contributed by atoms with Crippen LogP contribution in [-0.2, 0) is 11.6 Å². The van der Waals surface area contributed by atoms with E-state index in [9.17, 15) is 13.2 Å². The second kappa shape index (κ2) is 7.42. The Hall–Kier alpha value is -3.03. The highest BCUT2D eigenvalue weighted by Gasteiger charge is 2.36. The Kier molecular flexibility index (Phi) is 5.30. The summed E-state index contributed by atoms with van der Waals surface area (Å²) in [4.78, 5) is 7.39. The summed E-state index contributed by atoms with van der Waals surface area (Å²) in [7, 11) is 2.86. The first kappa shape index (κ1) is 20.7. The molecule has 1 heterocycles. The molecule has 0 saturated carbocycles. The van der Waals surface area contributed by atoms with Crippen molar-refractivity contribution in [2.45, 2.75) is 32.4 Å². The van der Waals surface area contributed by atoms with E-state index in [-0.39, 0.29) is 22.5 Å². The highest BCUT2D eigenvalue weighted by atomic mass is 19.4. The van der Waals surface area contributed by atoms with Crippen LogP contribution in [0.25, 0.3) is 10.9 Å². The van der Waals surface area contributed by atoms with Gasteiger partial charge in [-0.3, -0.25) is 0 Å². The first-order valence-electron chi connectivity index (χ1n) is 8.91. The molecule has 0 aliphatic heterocycles. The number of benzene rings is 2. The molecular formula is C21H22F3N3O2. The Morgan fingerprint density at radius 2 is 1.45 bits per heavy atom. The summed E-state index contributed by atoms with van der Waals surface area (Å²) in [5.41, 5.74) is 1.78. The van der Waals surface area contributed by atoms with Crippen LogP contribution in [0.5, 0.6) is 11.5 Å². The number of methoxy groups -OCH3 is 2. The minimum Gasteiger partial charge on any atom is -0.493 e. The van der Waals surface area contributed by atoms with Crippen molar-refractivity contribution in [1.29, 1.82) is 0 Å². The topological polar surface area (TPSA) is 56.3 Å². The molecule has 0 aliphatic carbocycles. The molecule has 8 heteroatoms. The number of nitrogens with one attached hydrogen (secondary N) is 1. The first-order valence-corrected chi connectivity index (χ1v) is 8.91. The predicted octanol–water partition coefficient (Wildman–Crippen LogP) is 5.71. The largest absolute Gasteiger partial charge is 0.493 e. The number of hydrogen-bond donors (Lipinski definition) is 1. The summed E-state index contributed by atoms with van der Waals surface area (Å²) >= 11 is 0. The number of fused-ring (bicyclic) bond motifs is 1. The molecule has 0 saturated heterocycles. The van der Waals surface area contributed by atoms with Crippen molar-refractivity contribution in [3.8, 4) is 11.5 Å². The monoisotopic (exact) mass is 405 g/mol. The lowest BCUT2D eigenvalue weighted by molar-refractivity contribution is -0.144. The molecule has 3 aromatic rings. The van der Waals surface area contributed by atoms with Gasteiger partial charge in [-0.15, -0.1) is 0 Å². The Bertz CT molecular complexity index is 1030. The predicted molar refractivity (Wildman–Crippen MR) is 106 cm³/mol. The van der Waals surface area contributed by atoms with Crippen molar-refractivity contribution < 1.29 is 22.6 Å². The molecule has 1 aromatic heterocycles. The second-order valence-electron chi connectivity index (χ2n) is 7.57. The summed E-state index contributed by atoms with van der Waals surface area (Å²) < 4.78 is 50.5. The van der Waals surface area contributed by atoms with Crippen LogP contribution >= 0.6 is 0 Å². The number of halogens is 3. The van der Waals surface area contributed by atoms with E-state index in [4.69, 9.17) is 9.47 Å². The highest BCUT2D eigenvalue weighted by molar-refractivity contribution is 5.93. The maximum absolute atomic E-state index is 13.3. The summed E-state index contributed by atoms with van der Waals surface area (Å²) in [6.07, 6.45) is -4.69. The van der Waals surface area contributed by atoms with Gasteiger partial charge in [-0.05, 0) is 29.2 Å². The van der Waals surface area contributed by atoms with E-state index in [0.717, 1.165) is 5.56 Å². The van der Waals surface area contributed by atoms with Crippen LogP contribution in [0.3, 0.4) is 0 Å². The molecule has 0 atom stereocenters.